The summed E-state index contributed by atoms with van der Waals surface area (Å²) in [5, 5.41) is 12.5. The molecule has 2 aromatic rings. The number of ether oxygens (including phenoxy) is 4. The van der Waals surface area contributed by atoms with E-state index in [1.807, 2.05) is 13.0 Å². The van der Waals surface area contributed by atoms with Crippen LogP contribution in [0.2, 0.25) is 0 Å². The molecule has 5 atom stereocenters. The van der Waals surface area contributed by atoms with E-state index in [0.717, 1.165) is 36.3 Å². The van der Waals surface area contributed by atoms with E-state index in [4.69, 9.17) is 18.9 Å². The van der Waals surface area contributed by atoms with Crippen molar-refractivity contribution in [2.75, 3.05) is 13.6 Å². The summed E-state index contributed by atoms with van der Waals surface area (Å²) in [6.07, 6.45) is 1.43. The fraction of sp³-hybridized carbons (Fsp3) is 0.500. The summed E-state index contributed by atoms with van der Waals surface area (Å²) in [7, 11) is 2.07. The first kappa shape index (κ1) is 26.8. The Bertz CT molecular complexity index is 1380. The first-order valence-corrected chi connectivity index (χ1v) is 14.0. The molecule has 40 heavy (non-hydrogen) atoms. The molecule has 1 fully saturated rings. The van der Waals surface area contributed by atoms with Crippen molar-refractivity contribution in [3.05, 3.63) is 76.6 Å². The van der Waals surface area contributed by atoms with Gasteiger partial charge in [0.2, 0.25) is 6.10 Å². The van der Waals surface area contributed by atoms with Gasteiger partial charge in [0.25, 0.3) is 0 Å². The molecule has 8 heteroatoms. The van der Waals surface area contributed by atoms with Crippen LogP contribution < -0.4 is 4.74 Å². The number of aliphatic hydroxyl groups is 1. The molecule has 212 valence electrons. The summed E-state index contributed by atoms with van der Waals surface area (Å²) in [6.45, 7) is 8.05. The zero-order valence-electron chi connectivity index (χ0n) is 23.7. The predicted octanol–water partition coefficient (Wildman–Crippen LogP) is 4.90. The molecular weight excluding hydrogens is 510 g/mol. The lowest BCUT2D eigenvalue weighted by Crippen LogP contribution is -2.69. The minimum Gasteiger partial charge on any atom is -0.481 e. The van der Waals surface area contributed by atoms with Crippen LogP contribution in [0.25, 0.3) is 0 Å². The molecule has 0 amide bonds. The molecule has 1 spiro atoms. The Morgan fingerprint density at radius 1 is 1.15 bits per heavy atom. The fourth-order valence-corrected chi connectivity index (χ4v) is 7.26. The van der Waals surface area contributed by atoms with Gasteiger partial charge in [-0.1, -0.05) is 42.5 Å². The number of carbonyl (C=O) groups is 2. The van der Waals surface area contributed by atoms with Gasteiger partial charge in [0.05, 0.1) is 11.0 Å². The Labute approximate surface area is 234 Å². The van der Waals surface area contributed by atoms with Crippen molar-refractivity contribution in [1.29, 1.82) is 0 Å². The quantitative estimate of drug-likeness (QED) is 0.541. The van der Waals surface area contributed by atoms with Crippen LogP contribution in [0, 0.1) is 6.92 Å². The molecule has 8 nitrogen and oxygen atoms in total. The molecule has 4 aliphatic rings. The average molecular weight is 548 g/mol. The Balaban J connectivity index is 1.38. The van der Waals surface area contributed by atoms with Crippen molar-refractivity contribution in [3.63, 3.8) is 0 Å². The number of carbonyl (C=O) groups excluding carboxylic acids is 2. The van der Waals surface area contributed by atoms with Crippen molar-refractivity contribution in [3.8, 4) is 5.75 Å². The van der Waals surface area contributed by atoms with E-state index in [1.165, 1.54) is 5.56 Å². The van der Waals surface area contributed by atoms with Crippen molar-refractivity contribution in [1.82, 2.24) is 4.90 Å². The van der Waals surface area contributed by atoms with Gasteiger partial charge in [0.15, 0.2) is 6.10 Å². The minimum absolute atomic E-state index is 0.0941. The molecule has 6 rings (SSSR count). The van der Waals surface area contributed by atoms with Crippen LogP contribution in [0.4, 0.5) is 4.79 Å². The topological polar surface area (TPSA) is 94.5 Å². The molecule has 0 aromatic heterocycles. The second kappa shape index (κ2) is 9.35. The van der Waals surface area contributed by atoms with Gasteiger partial charge in [-0.05, 0) is 77.8 Å². The van der Waals surface area contributed by atoms with Gasteiger partial charge in [-0.3, -0.25) is 0 Å². The van der Waals surface area contributed by atoms with Crippen LogP contribution in [0.3, 0.4) is 0 Å². The van der Waals surface area contributed by atoms with E-state index < -0.39 is 40.9 Å². The summed E-state index contributed by atoms with van der Waals surface area (Å²) in [5.41, 5.74) is 1.05. The number of hydrogen-bond donors (Lipinski definition) is 1. The maximum Gasteiger partial charge on any atom is 0.510 e. The molecule has 1 N–H and O–H groups in total. The van der Waals surface area contributed by atoms with E-state index >= 15 is 0 Å². The van der Waals surface area contributed by atoms with Gasteiger partial charge >= 0.3 is 12.1 Å². The Morgan fingerprint density at radius 2 is 1.90 bits per heavy atom. The number of likely N-dealkylation sites (N-methyl/N-ethyl adjacent to an activating group) is 1. The number of nitrogens with zero attached hydrogens (tertiary/aromatic N) is 1. The molecule has 2 aromatic carbocycles. The van der Waals surface area contributed by atoms with E-state index in [0.29, 0.717) is 24.2 Å². The Morgan fingerprint density at radius 3 is 2.62 bits per heavy atom. The van der Waals surface area contributed by atoms with Gasteiger partial charge in [-0.2, -0.15) is 0 Å². The van der Waals surface area contributed by atoms with Gasteiger partial charge in [-0.25, -0.2) is 9.59 Å². The van der Waals surface area contributed by atoms with Crippen LogP contribution in [0.1, 0.15) is 68.4 Å². The number of likely N-dealkylation sites (tertiary alicyclic amines) is 1. The molecule has 2 bridgehead atoms. The second-order valence-electron chi connectivity index (χ2n) is 12.5. The van der Waals surface area contributed by atoms with E-state index in [2.05, 4.69) is 24.1 Å². The van der Waals surface area contributed by atoms with Crippen LogP contribution in [0.15, 0.2) is 54.3 Å². The third-order valence-corrected chi connectivity index (χ3v) is 8.93. The number of rotatable bonds is 4. The average Bonchev–Trinajstić information content (AvgIpc) is 3.23. The monoisotopic (exact) mass is 547 g/mol. The lowest BCUT2D eigenvalue weighted by Gasteiger charge is -2.56. The number of esters is 1. The number of aryl methyl sites for hydroxylation is 1. The fourth-order valence-electron chi connectivity index (χ4n) is 7.26. The molecule has 1 saturated heterocycles. The summed E-state index contributed by atoms with van der Waals surface area (Å²) < 4.78 is 23.6. The molecule has 2 aliphatic carbocycles. The molecule has 0 radical (unpaired) electrons. The van der Waals surface area contributed by atoms with Gasteiger partial charge < -0.3 is 29.0 Å². The summed E-state index contributed by atoms with van der Waals surface area (Å²) in [4.78, 5) is 28.6. The second-order valence-corrected chi connectivity index (χ2v) is 12.5. The molecule has 2 heterocycles. The first-order chi connectivity index (χ1) is 18.9. The smallest absolute Gasteiger partial charge is 0.481 e. The van der Waals surface area contributed by atoms with Crippen molar-refractivity contribution in [2.45, 2.75) is 88.2 Å². The van der Waals surface area contributed by atoms with Crippen molar-refractivity contribution in [2.24, 2.45) is 0 Å². The SMILES string of the molecule is Cc1ccc2c3c1O[C@H]1C(OC(=O)[C@@H](OC(=O)OC(C)(C)C)c4ccccc4)=CC[C@@]4(O)[C@@H](C2)N(C)CCC[C@]314. The van der Waals surface area contributed by atoms with E-state index in [-0.39, 0.29) is 6.04 Å². The van der Waals surface area contributed by atoms with Gasteiger partial charge in [0.1, 0.15) is 17.1 Å². The van der Waals surface area contributed by atoms with Crippen LogP contribution in [-0.2, 0) is 30.8 Å². The Kier molecular flexibility index (Phi) is 6.27. The number of benzene rings is 2. The third kappa shape index (κ3) is 4.03. The first-order valence-electron chi connectivity index (χ1n) is 14.0. The molecule has 2 aliphatic heterocycles. The maximum absolute atomic E-state index is 13.8. The minimum atomic E-state index is -1.34. The summed E-state index contributed by atoms with van der Waals surface area (Å²) in [5.74, 6) is 0.368. The lowest BCUT2D eigenvalue weighted by atomic mass is 9.52. The van der Waals surface area contributed by atoms with Crippen molar-refractivity contribution >= 4 is 12.1 Å². The lowest BCUT2D eigenvalue weighted by molar-refractivity contribution is -0.160. The van der Waals surface area contributed by atoms with Gasteiger partial charge in [0, 0.05) is 23.6 Å². The van der Waals surface area contributed by atoms with Crippen molar-refractivity contribution < 1.29 is 33.6 Å². The summed E-state index contributed by atoms with van der Waals surface area (Å²) in [6, 6.07) is 12.9. The highest BCUT2D eigenvalue weighted by atomic mass is 16.7. The predicted molar refractivity (Wildman–Crippen MR) is 147 cm³/mol. The highest BCUT2D eigenvalue weighted by Crippen LogP contribution is 2.64. The largest absolute Gasteiger partial charge is 0.510 e. The zero-order valence-corrected chi connectivity index (χ0v) is 23.7. The maximum atomic E-state index is 13.8. The Hall–Kier alpha value is -3.36. The number of hydrogen-bond acceptors (Lipinski definition) is 8. The van der Waals surface area contributed by atoms with Crippen LogP contribution >= 0.6 is 0 Å². The van der Waals surface area contributed by atoms with E-state index in [1.54, 1.807) is 51.1 Å². The highest BCUT2D eigenvalue weighted by molar-refractivity contribution is 5.80. The zero-order chi connectivity index (χ0) is 28.4. The third-order valence-electron chi connectivity index (χ3n) is 8.93. The van der Waals surface area contributed by atoms with Crippen LogP contribution in [-0.4, -0.2) is 59.1 Å². The normalized spacial score (nSPS) is 29.3. The van der Waals surface area contributed by atoms with Gasteiger partial charge in [-0.15, -0.1) is 0 Å². The molecule has 0 saturated carbocycles. The van der Waals surface area contributed by atoms with Crippen LogP contribution in [0.5, 0.6) is 5.75 Å². The standard InChI is InChI=1S/C32H37NO7/c1-19-12-13-21-18-23-32(36)16-14-22(27-31(32,15-9-17-33(23)5)24(21)25(19)38-27)37-28(34)26(20-10-7-6-8-11-20)39-29(35)40-30(2,3)4/h6-8,10-14,23,26-27,36H,9,15-18H2,1-5H3/t23-,26+,27+,31+,32-/m1/s1. The molecular formula is C32H37NO7. The summed E-state index contributed by atoms with van der Waals surface area (Å²) >= 11 is 0. The molecule has 0 unspecified atom stereocenters. The highest BCUT2D eigenvalue weighted by Gasteiger charge is 2.70. The van der Waals surface area contributed by atoms with E-state index in [9.17, 15) is 14.7 Å².